The quantitative estimate of drug-likeness (QED) is 0.412. The molecule has 0 radical (unpaired) electrons. The van der Waals surface area contributed by atoms with Crippen LogP contribution in [-0.4, -0.2) is 20.7 Å². The van der Waals surface area contributed by atoms with Gasteiger partial charge in [0.2, 0.25) is 5.82 Å². The van der Waals surface area contributed by atoms with Crippen molar-refractivity contribution in [2.45, 2.75) is 0 Å². The van der Waals surface area contributed by atoms with Gasteiger partial charge in [0.15, 0.2) is 5.82 Å². The first-order chi connectivity index (χ1) is 14.0. The van der Waals surface area contributed by atoms with Gasteiger partial charge in [-0.25, -0.2) is 9.67 Å². The van der Waals surface area contributed by atoms with Crippen LogP contribution in [0.25, 0.3) is 17.1 Å². The Morgan fingerprint density at radius 1 is 0.862 bits per heavy atom. The van der Waals surface area contributed by atoms with E-state index in [4.69, 9.17) is 34.8 Å². The molecule has 5 nitrogen and oxygen atoms in total. The molecule has 8 heteroatoms. The van der Waals surface area contributed by atoms with Gasteiger partial charge in [-0.15, -0.1) is 5.10 Å². The van der Waals surface area contributed by atoms with Gasteiger partial charge < -0.3 is 5.32 Å². The average Bonchev–Trinajstić information content (AvgIpc) is 3.18. The van der Waals surface area contributed by atoms with E-state index in [0.29, 0.717) is 32.3 Å². The van der Waals surface area contributed by atoms with Gasteiger partial charge in [0.05, 0.1) is 15.7 Å². The molecular weight excluding hydrogens is 431 g/mol. The van der Waals surface area contributed by atoms with Gasteiger partial charge in [0.25, 0.3) is 5.91 Å². The minimum Gasteiger partial charge on any atom is -0.319 e. The molecule has 0 saturated heterocycles. The fourth-order valence-electron chi connectivity index (χ4n) is 2.70. The third kappa shape index (κ3) is 4.27. The normalized spacial score (nSPS) is 10.7. The second-order valence-corrected chi connectivity index (χ2v) is 7.35. The number of nitrogens with one attached hydrogen (secondary N) is 1. The summed E-state index contributed by atoms with van der Waals surface area (Å²) in [5.41, 5.74) is 2.03. The Kier molecular flexibility index (Phi) is 5.53. The van der Waals surface area contributed by atoms with E-state index < -0.39 is 5.91 Å². The lowest BCUT2D eigenvalue weighted by atomic mass is 10.2. The molecule has 0 saturated carbocycles. The summed E-state index contributed by atoms with van der Waals surface area (Å²) in [6.45, 7) is 0. The van der Waals surface area contributed by atoms with Crippen molar-refractivity contribution in [1.29, 1.82) is 0 Å². The first-order valence-electron chi connectivity index (χ1n) is 8.56. The molecule has 4 aromatic rings. The number of carbonyl (C=O) groups excluding carboxylic acids is 1. The van der Waals surface area contributed by atoms with E-state index in [0.717, 1.165) is 5.56 Å². The zero-order valence-electron chi connectivity index (χ0n) is 14.8. The van der Waals surface area contributed by atoms with Crippen LogP contribution in [0.15, 0.2) is 72.8 Å². The van der Waals surface area contributed by atoms with Crippen LogP contribution in [0.2, 0.25) is 15.1 Å². The molecule has 0 aliphatic carbocycles. The minimum atomic E-state index is -0.441. The number of aromatic nitrogens is 3. The lowest BCUT2D eigenvalue weighted by Crippen LogP contribution is -2.14. The largest absolute Gasteiger partial charge is 0.319 e. The van der Waals surface area contributed by atoms with E-state index >= 15 is 0 Å². The highest BCUT2D eigenvalue weighted by molar-refractivity contribution is 6.42. The second kappa shape index (κ2) is 8.25. The van der Waals surface area contributed by atoms with E-state index in [1.54, 1.807) is 47.1 Å². The lowest BCUT2D eigenvalue weighted by Gasteiger charge is -2.07. The minimum absolute atomic E-state index is 0.0184. The highest BCUT2D eigenvalue weighted by Gasteiger charge is 2.19. The third-order valence-electron chi connectivity index (χ3n) is 4.09. The van der Waals surface area contributed by atoms with Crippen molar-refractivity contribution in [1.82, 2.24) is 14.8 Å². The topological polar surface area (TPSA) is 59.8 Å². The maximum atomic E-state index is 12.7. The number of hydrogen-bond donors (Lipinski definition) is 1. The predicted molar refractivity (Wildman–Crippen MR) is 116 cm³/mol. The number of amides is 1. The van der Waals surface area contributed by atoms with E-state index in [-0.39, 0.29) is 5.82 Å². The number of nitrogens with zero attached hydrogens (tertiary/aromatic N) is 3. The highest BCUT2D eigenvalue weighted by Crippen LogP contribution is 2.27. The SMILES string of the molecule is O=C(Nc1ccc(Cl)cc1)c1nc(-c2ccccc2)n(-c2ccc(Cl)c(Cl)c2)n1. The van der Waals surface area contributed by atoms with E-state index in [9.17, 15) is 4.79 Å². The molecular formula is C21H13Cl3N4O. The van der Waals surface area contributed by atoms with Crippen molar-refractivity contribution in [3.05, 3.63) is 93.7 Å². The monoisotopic (exact) mass is 442 g/mol. The van der Waals surface area contributed by atoms with Crippen molar-refractivity contribution >= 4 is 46.4 Å². The summed E-state index contributed by atoms with van der Waals surface area (Å²) in [6.07, 6.45) is 0. The van der Waals surface area contributed by atoms with Crippen LogP contribution in [-0.2, 0) is 0 Å². The summed E-state index contributed by atoms with van der Waals surface area (Å²) in [5, 5.41) is 8.56. The number of anilines is 1. The first kappa shape index (κ1) is 19.5. The van der Waals surface area contributed by atoms with Crippen molar-refractivity contribution in [2.75, 3.05) is 5.32 Å². The molecule has 1 N–H and O–H groups in total. The molecule has 0 fully saturated rings. The molecule has 0 aliphatic rings. The molecule has 3 aromatic carbocycles. The maximum absolute atomic E-state index is 12.7. The van der Waals surface area contributed by atoms with Crippen LogP contribution in [0.3, 0.4) is 0 Å². The number of carbonyl (C=O) groups is 1. The van der Waals surface area contributed by atoms with Crippen molar-refractivity contribution in [3.63, 3.8) is 0 Å². The summed E-state index contributed by atoms with van der Waals surface area (Å²) >= 11 is 18.1. The van der Waals surface area contributed by atoms with Gasteiger partial charge in [0, 0.05) is 16.3 Å². The fourth-order valence-corrected chi connectivity index (χ4v) is 3.12. The van der Waals surface area contributed by atoms with Gasteiger partial charge >= 0.3 is 0 Å². The van der Waals surface area contributed by atoms with Crippen LogP contribution in [0.1, 0.15) is 10.6 Å². The van der Waals surface area contributed by atoms with E-state index in [2.05, 4.69) is 15.4 Å². The predicted octanol–water partition coefficient (Wildman–Crippen LogP) is 6.15. The number of benzene rings is 3. The summed E-state index contributed by atoms with van der Waals surface area (Å²) in [6, 6.07) is 21.3. The Morgan fingerprint density at radius 2 is 1.59 bits per heavy atom. The molecule has 1 amide bonds. The standard InChI is InChI=1S/C21H13Cl3N4O/c22-14-6-8-15(9-7-14)25-21(29)19-26-20(13-4-2-1-3-5-13)28(27-19)16-10-11-17(23)18(24)12-16/h1-12H,(H,25,29). The molecule has 0 bridgehead atoms. The van der Waals surface area contributed by atoms with E-state index in [1.165, 1.54) is 0 Å². The molecule has 0 spiro atoms. The van der Waals surface area contributed by atoms with E-state index in [1.807, 2.05) is 30.3 Å². The molecule has 0 unspecified atom stereocenters. The summed E-state index contributed by atoms with van der Waals surface area (Å²) in [5.74, 6) is 0.0819. The smallest absolute Gasteiger partial charge is 0.295 e. The molecule has 4 rings (SSSR count). The zero-order valence-corrected chi connectivity index (χ0v) is 17.1. The number of rotatable bonds is 4. The lowest BCUT2D eigenvalue weighted by molar-refractivity contribution is 0.101. The zero-order chi connectivity index (χ0) is 20.4. The fraction of sp³-hybridized carbons (Fsp3) is 0. The van der Waals surface area contributed by atoms with Crippen LogP contribution in [0.4, 0.5) is 5.69 Å². The van der Waals surface area contributed by atoms with Gasteiger partial charge in [0.1, 0.15) is 0 Å². The summed E-state index contributed by atoms with van der Waals surface area (Å²) < 4.78 is 1.56. The average molecular weight is 444 g/mol. The molecule has 29 heavy (non-hydrogen) atoms. The van der Waals surface area contributed by atoms with Crippen LogP contribution < -0.4 is 5.32 Å². The Morgan fingerprint density at radius 3 is 2.28 bits per heavy atom. The Labute approximate surface area is 181 Å². The summed E-state index contributed by atoms with van der Waals surface area (Å²) in [7, 11) is 0. The summed E-state index contributed by atoms with van der Waals surface area (Å²) in [4.78, 5) is 17.2. The second-order valence-electron chi connectivity index (χ2n) is 6.10. The Bertz CT molecular complexity index is 1170. The third-order valence-corrected chi connectivity index (χ3v) is 5.08. The van der Waals surface area contributed by atoms with Gasteiger partial charge in [-0.1, -0.05) is 65.1 Å². The molecule has 1 aromatic heterocycles. The molecule has 0 aliphatic heterocycles. The maximum Gasteiger partial charge on any atom is 0.295 e. The van der Waals surface area contributed by atoms with Crippen LogP contribution >= 0.6 is 34.8 Å². The highest BCUT2D eigenvalue weighted by atomic mass is 35.5. The van der Waals surface area contributed by atoms with Crippen molar-refractivity contribution < 1.29 is 4.79 Å². The van der Waals surface area contributed by atoms with Gasteiger partial charge in [-0.05, 0) is 42.5 Å². The van der Waals surface area contributed by atoms with Crippen LogP contribution in [0, 0.1) is 0 Å². The number of halogens is 3. The number of hydrogen-bond acceptors (Lipinski definition) is 3. The van der Waals surface area contributed by atoms with Crippen LogP contribution in [0.5, 0.6) is 0 Å². The Hall–Kier alpha value is -2.86. The van der Waals surface area contributed by atoms with Gasteiger partial charge in [-0.3, -0.25) is 4.79 Å². The molecule has 0 atom stereocenters. The Balaban J connectivity index is 1.75. The van der Waals surface area contributed by atoms with Crippen molar-refractivity contribution in [2.24, 2.45) is 0 Å². The molecule has 1 heterocycles. The molecule has 144 valence electrons. The van der Waals surface area contributed by atoms with Crippen molar-refractivity contribution in [3.8, 4) is 17.1 Å². The van der Waals surface area contributed by atoms with Gasteiger partial charge in [-0.2, -0.15) is 0 Å². The first-order valence-corrected chi connectivity index (χ1v) is 9.69.